The van der Waals surface area contributed by atoms with Crippen LogP contribution in [0, 0.1) is 0 Å². The lowest BCUT2D eigenvalue weighted by atomic mass is 11.7. The van der Waals surface area contributed by atoms with Crippen LogP contribution in [0.4, 0.5) is 8.78 Å². The van der Waals surface area contributed by atoms with E-state index in [1.807, 2.05) is 0 Å². The minimum absolute atomic E-state index is 0.0154. The average Bonchev–Trinajstić information content (AvgIpc) is 0.811. The van der Waals surface area contributed by atoms with Gasteiger partial charge in [-0.2, -0.15) is 0 Å². The van der Waals surface area contributed by atoms with Gasteiger partial charge in [0.05, 0.1) is 0 Å². The summed E-state index contributed by atoms with van der Waals surface area (Å²) in [6.45, 7) is 0. The Kier molecular flexibility index (Phi) is 1.85. The van der Waals surface area contributed by atoms with E-state index >= 15 is 0 Å². The van der Waals surface area contributed by atoms with E-state index in [9.17, 15) is 8.78 Å². The molecule has 0 heterocycles. The van der Waals surface area contributed by atoms with Gasteiger partial charge in [0.25, 0.3) is 0 Å². The first-order valence-electron chi connectivity index (χ1n) is 1.01. The van der Waals surface area contributed by atoms with Crippen molar-refractivity contribution in [3.63, 3.8) is 0 Å². The smallest absolute Gasteiger partial charge is 0.231 e. The van der Waals surface area contributed by atoms with Gasteiger partial charge in [-0.05, 0) is 0 Å². The van der Waals surface area contributed by atoms with Gasteiger partial charge in [-0.25, -0.2) is 8.78 Å². The molecule has 0 rings (SSSR count). The maximum atomic E-state index is 10.4. The highest BCUT2D eigenvalue weighted by molar-refractivity contribution is 6.09. The van der Waals surface area contributed by atoms with Crippen LogP contribution in [0.25, 0.3) is 0 Å². The lowest BCUT2D eigenvalue weighted by Crippen LogP contribution is -1.80. The van der Waals surface area contributed by atoms with Crippen LogP contribution in [0.2, 0.25) is 0 Å². The zero-order valence-corrected chi connectivity index (χ0v) is 4.33. The minimum Gasteiger partial charge on any atom is -0.231 e. The number of hydrogen-bond donors (Lipinski definition) is 0. The van der Waals surface area contributed by atoms with E-state index in [2.05, 4.69) is 0 Å². The first-order valence-corrected chi connectivity index (χ1v) is 2.17. The van der Waals surface area contributed by atoms with Gasteiger partial charge in [-0.3, -0.25) is 0 Å². The Labute approximate surface area is 31.2 Å². The molecule has 0 fully saturated rings. The molecular formula is CH3AlF2. The molecule has 0 aromatic carbocycles. The Bertz CT molecular complexity index is 10.8. The van der Waals surface area contributed by atoms with Crippen molar-refractivity contribution in [3.05, 3.63) is 0 Å². The lowest BCUT2D eigenvalue weighted by molar-refractivity contribution is 0.242. The first-order chi connectivity index (χ1) is 1.73. The Morgan fingerprint density at radius 2 is 1.50 bits per heavy atom. The van der Waals surface area contributed by atoms with Crippen LogP contribution >= 0.6 is 0 Å². The van der Waals surface area contributed by atoms with Crippen LogP contribution in [0.5, 0.6) is 0 Å². The highest BCUT2D eigenvalue weighted by atomic mass is 27.0. The van der Waals surface area contributed by atoms with E-state index in [0.717, 1.165) is 0 Å². The largest absolute Gasteiger partial charge is 0.321 e. The summed E-state index contributed by atoms with van der Waals surface area (Å²) in [4.78, 5) is 0. The normalized spacial score (nSPS) is 8.75. The van der Waals surface area contributed by atoms with Crippen LogP contribution < -0.4 is 0 Å². The first kappa shape index (κ1) is 4.39. The minimum atomic E-state index is -2.03. The van der Waals surface area contributed by atoms with Gasteiger partial charge in [-0.1, -0.05) is 0 Å². The average molecular weight is 80.0 g/mol. The Morgan fingerprint density at radius 3 is 1.50 bits per heavy atom. The highest BCUT2D eigenvalue weighted by Crippen LogP contribution is 1.76. The molecule has 4 heavy (non-hydrogen) atoms. The molecule has 0 saturated heterocycles. The predicted molar refractivity (Wildman–Crippen MR) is 14.5 cm³/mol. The van der Waals surface area contributed by atoms with Crippen molar-refractivity contribution < 1.29 is 8.78 Å². The highest BCUT2D eigenvalue weighted by Gasteiger charge is 1.81. The van der Waals surface area contributed by atoms with E-state index in [1.54, 1.807) is 0 Å². The summed E-state index contributed by atoms with van der Waals surface area (Å²) >= 11 is 0.0154. The molecule has 0 spiro atoms. The summed E-state index contributed by atoms with van der Waals surface area (Å²) in [6, 6.07) is 0. The van der Waals surface area contributed by atoms with Crippen LogP contribution in [-0.4, -0.2) is 21.6 Å². The zero-order valence-electron chi connectivity index (χ0n) is 2.33. The molecule has 0 nitrogen and oxygen atoms in total. The second-order valence-electron chi connectivity index (χ2n) is 0.519. The third-order valence-corrected chi connectivity index (χ3v) is 0. The fourth-order valence-corrected chi connectivity index (χ4v) is 0. The molecule has 0 amide bonds. The third-order valence-electron chi connectivity index (χ3n) is 0. The molecule has 0 N–H and O–H groups in total. The van der Waals surface area contributed by atoms with Crippen LogP contribution in [0.15, 0.2) is 0 Å². The summed E-state index contributed by atoms with van der Waals surface area (Å²) in [6.07, 6.45) is 0. The van der Waals surface area contributed by atoms with Crippen LogP contribution in [0.3, 0.4) is 0 Å². The standard InChI is InChI=1S/CHF2.Al.2H/c2-1-3;;;/h1H;;;. The molecule has 0 aliphatic rings. The van der Waals surface area contributed by atoms with Crippen LogP contribution in [-0.2, 0) is 0 Å². The second kappa shape index (κ2) is 1.69. The fraction of sp³-hybridized carbons (Fsp3) is 1.00. The topological polar surface area (TPSA) is 0 Å². The number of halogens is 2. The predicted octanol–water partition coefficient (Wildman–Crippen LogP) is -0.158. The molecule has 0 aromatic heterocycles. The maximum Gasteiger partial charge on any atom is 0.321 e. The Hall–Kier alpha value is 0.392. The van der Waals surface area contributed by atoms with E-state index < -0.39 is 5.29 Å². The van der Waals surface area contributed by atoms with E-state index in [0.29, 0.717) is 0 Å². The van der Waals surface area contributed by atoms with Gasteiger partial charge in [0.1, 0.15) is 0 Å². The number of hydrogen-bond acceptors (Lipinski definition) is 0. The SMILES string of the molecule is F[CH](F)[AlH2]. The van der Waals surface area contributed by atoms with E-state index in [-0.39, 0.29) is 16.3 Å². The van der Waals surface area contributed by atoms with Gasteiger partial charge in [0.15, 0.2) is 5.29 Å². The molecule has 0 saturated carbocycles. The Morgan fingerprint density at radius 1 is 1.50 bits per heavy atom. The van der Waals surface area contributed by atoms with Crippen molar-refractivity contribution in [2.24, 2.45) is 0 Å². The fourth-order valence-electron chi connectivity index (χ4n) is 0. The molecule has 3 heteroatoms. The summed E-state index contributed by atoms with van der Waals surface area (Å²) in [5.74, 6) is 0. The summed E-state index contributed by atoms with van der Waals surface area (Å²) in [5.41, 5.74) is 0. The third kappa shape index (κ3) is 30.1. The van der Waals surface area contributed by atoms with Crippen LogP contribution in [0.1, 0.15) is 0 Å². The van der Waals surface area contributed by atoms with Crippen molar-refractivity contribution >= 4 is 16.3 Å². The zero-order chi connectivity index (χ0) is 3.58. The van der Waals surface area contributed by atoms with Crippen molar-refractivity contribution in [2.75, 3.05) is 0 Å². The number of alkyl halides is 2. The molecule has 24 valence electrons. The van der Waals surface area contributed by atoms with Crippen molar-refractivity contribution in [1.82, 2.24) is 0 Å². The summed E-state index contributed by atoms with van der Waals surface area (Å²) < 4.78 is 20.8. The van der Waals surface area contributed by atoms with Gasteiger partial charge in [0.2, 0.25) is 0 Å². The number of rotatable bonds is 0. The molecule has 0 aromatic rings. The van der Waals surface area contributed by atoms with Gasteiger partial charge < -0.3 is 0 Å². The molecular weight excluding hydrogens is 77.0 g/mol. The van der Waals surface area contributed by atoms with E-state index in [4.69, 9.17) is 0 Å². The molecule has 0 atom stereocenters. The molecule has 0 unspecified atom stereocenters. The Balaban J connectivity index is 2.32. The summed E-state index contributed by atoms with van der Waals surface area (Å²) in [5, 5.41) is -2.03. The van der Waals surface area contributed by atoms with Crippen molar-refractivity contribution in [2.45, 2.75) is 5.29 Å². The van der Waals surface area contributed by atoms with E-state index in [1.165, 1.54) is 0 Å². The van der Waals surface area contributed by atoms with Crippen molar-refractivity contribution in [3.8, 4) is 0 Å². The maximum absolute atomic E-state index is 10.4. The molecule has 0 aliphatic carbocycles. The van der Waals surface area contributed by atoms with Gasteiger partial charge in [0, 0.05) is 0 Å². The summed E-state index contributed by atoms with van der Waals surface area (Å²) in [7, 11) is 0. The monoisotopic (exact) mass is 80.0 g/mol. The van der Waals surface area contributed by atoms with Gasteiger partial charge in [-0.15, -0.1) is 0 Å². The molecule has 0 radical (unpaired) electrons. The quantitative estimate of drug-likeness (QED) is 0.355. The second-order valence-corrected chi connectivity index (χ2v) is 1.39. The molecule has 0 bridgehead atoms. The lowest BCUT2D eigenvalue weighted by Gasteiger charge is -1.70. The van der Waals surface area contributed by atoms with Crippen molar-refractivity contribution in [1.29, 1.82) is 0 Å². The molecule has 0 aliphatic heterocycles. The van der Waals surface area contributed by atoms with Gasteiger partial charge >= 0.3 is 16.3 Å².